The van der Waals surface area contributed by atoms with Gasteiger partial charge in [-0.3, -0.25) is 4.79 Å². The largest absolute Gasteiger partial charge is 0.302 e. The van der Waals surface area contributed by atoms with Crippen LogP contribution in [-0.2, 0) is 11.3 Å². The Labute approximate surface area is 201 Å². The predicted octanol–water partition coefficient (Wildman–Crippen LogP) is 6.50. The zero-order valence-corrected chi connectivity index (χ0v) is 20.5. The third kappa shape index (κ3) is 5.12. The number of amides is 1. The monoisotopic (exact) mass is 509 g/mol. The molecule has 0 radical (unpaired) electrons. The summed E-state index contributed by atoms with van der Waals surface area (Å²) < 4.78 is 2.02. The molecule has 4 aromatic rings. The van der Waals surface area contributed by atoms with E-state index in [1.54, 1.807) is 23.5 Å². The number of carbonyl (C=O) groups is 1. The van der Waals surface area contributed by atoms with E-state index in [-0.39, 0.29) is 11.7 Å². The van der Waals surface area contributed by atoms with Crippen molar-refractivity contribution in [3.8, 4) is 22.6 Å². The Morgan fingerprint density at radius 1 is 1.19 bits per heavy atom. The number of thioether (sulfide) groups is 1. The summed E-state index contributed by atoms with van der Waals surface area (Å²) in [5.41, 5.74) is 2.50. The molecule has 0 fully saturated rings. The van der Waals surface area contributed by atoms with Gasteiger partial charge in [0.25, 0.3) is 0 Å². The molecule has 0 spiro atoms. The van der Waals surface area contributed by atoms with Crippen LogP contribution >= 0.6 is 57.6 Å². The Morgan fingerprint density at radius 2 is 2.03 bits per heavy atom. The number of rotatable bonds is 7. The van der Waals surface area contributed by atoms with Gasteiger partial charge < -0.3 is 9.88 Å². The fourth-order valence-electron chi connectivity index (χ4n) is 2.89. The number of carbonyl (C=O) groups excluding carboxylic acids is 1. The lowest BCUT2D eigenvalue weighted by Gasteiger charge is -2.06. The molecule has 31 heavy (non-hydrogen) atoms. The van der Waals surface area contributed by atoms with E-state index in [9.17, 15) is 4.79 Å². The minimum Gasteiger partial charge on any atom is -0.302 e. The number of hydrogen-bond donors (Lipinski definition) is 1. The number of thiophene rings is 1. The van der Waals surface area contributed by atoms with Crippen LogP contribution in [-0.4, -0.2) is 31.4 Å². The molecule has 0 aliphatic carbocycles. The third-order valence-corrected chi connectivity index (χ3v) is 7.45. The van der Waals surface area contributed by atoms with Crippen molar-refractivity contribution in [3.05, 3.63) is 49.9 Å². The van der Waals surface area contributed by atoms with E-state index >= 15 is 0 Å². The molecule has 1 amide bonds. The van der Waals surface area contributed by atoms with Crippen molar-refractivity contribution in [1.82, 2.24) is 19.7 Å². The molecule has 3 heterocycles. The van der Waals surface area contributed by atoms with E-state index in [0.717, 1.165) is 23.5 Å². The van der Waals surface area contributed by atoms with Gasteiger partial charge in [0, 0.05) is 38.3 Å². The second-order valence-corrected chi connectivity index (χ2v) is 10.3. The maximum atomic E-state index is 12.5. The first kappa shape index (κ1) is 22.3. The number of benzene rings is 1. The first-order valence-electron chi connectivity index (χ1n) is 9.27. The van der Waals surface area contributed by atoms with E-state index < -0.39 is 0 Å². The number of nitrogens with one attached hydrogen (secondary N) is 1. The summed E-state index contributed by atoms with van der Waals surface area (Å²) in [4.78, 5) is 18.1. The van der Waals surface area contributed by atoms with E-state index in [1.807, 2.05) is 22.9 Å². The summed E-state index contributed by atoms with van der Waals surface area (Å²) in [6, 6.07) is 7.33. The van der Waals surface area contributed by atoms with Gasteiger partial charge in [-0.15, -0.1) is 32.9 Å². The van der Waals surface area contributed by atoms with Crippen molar-refractivity contribution < 1.29 is 4.79 Å². The zero-order chi connectivity index (χ0) is 22.0. The summed E-state index contributed by atoms with van der Waals surface area (Å²) in [6.07, 6.45) is 0. The van der Waals surface area contributed by atoms with Crippen LogP contribution < -0.4 is 5.32 Å². The minimum atomic E-state index is -0.160. The average Bonchev–Trinajstić information content (AvgIpc) is 3.46. The van der Waals surface area contributed by atoms with Crippen molar-refractivity contribution in [2.75, 3.05) is 11.1 Å². The maximum absolute atomic E-state index is 12.5. The van der Waals surface area contributed by atoms with Crippen molar-refractivity contribution in [2.24, 2.45) is 0 Å². The van der Waals surface area contributed by atoms with Crippen molar-refractivity contribution in [1.29, 1.82) is 0 Å². The number of hydrogen-bond acceptors (Lipinski definition) is 7. The lowest BCUT2D eigenvalue weighted by Crippen LogP contribution is -2.14. The molecule has 3 aromatic heterocycles. The summed E-state index contributed by atoms with van der Waals surface area (Å²) in [5.74, 6) is 0.864. The predicted molar refractivity (Wildman–Crippen MR) is 131 cm³/mol. The van der Waals surface area contributed by atoms with E-state index in [1.165, 1.54) is 28.0 Å². The van der Waals surface area contributed by atoms with Crippen LogP contribution in [0, 0.1) is 6.92 Å². The SMILES string of the molecule is CCn1c(SCC(=O)Nc2nc(-c3ccc(Cl)cc3Cl)cs2)nnc1-c1csc(C)c1. The molecular weight excluding hydrogens is 493 g/mol. The highest BCUT2D eigenvalue weighted by molar-refractivity contribution is 7.99. The van der Waals surface area contributed by atoms with Gasteiger partial charge >= 0.3 is 0 Å². The van der Waals surface area contributed by atoms with Crippen molar-refractivity contribution >= 4 is 68.7 Å². The van der Waals surface area contributed by atoms with Crippen LogP contribution in [0.4, 0.5) is 5.13 Å². The first-order chi connectivity index (χ1) is 14.9. The molecule has 0 atom stereocenters. The van der Waals surface area contributed by atoms with Gasteiger partial charge in [-0.05, 0) is 38.1 Å². The van der Waals surface area contributed by atoms with Gasteiger partial charge in [-0.25, -0.2) is 4.98 Å². The standard InChI is InChI=1S/C20H17Cl2N5OS3/c1-3-27-18(12-6-11(2)29-8-12)25-26-20(27)31-10-17(28)24-19-23-16(9-30-19)14-5-4-13(21)7-15(14)22/h4-9H,3,10H2,1-2H3,(H,23,24,28). The van der Waals surface area contributed by atoms with Crippen molar-refractivity contribution in [2.45, 2.75) is 25.5 Å². The van der Waals surface area contributed by atoms with Crippen LogP contribution in [0.15, 0.2) is 40.2 Å². The lowest BCUT2D eigenvalue weighted by molar-refractivity contribution is -0.113. The molecule has 0 saturated heterocycles. The fourth-order valence-corrected chi connectivity index (χ4v) is 5.61. The van der Waals surface area contributed by atoms with E-state index in [4.69, 9.17) is 23.2 Å². The highest BCUT2D eigenvalue weighted by atomic mass is 35.5. The van der Waals surface area contributed by atoms with E-state index in [2.05, 4.69) is 38.9 Å². The Morgan fingerprint density at radius 3 is 2.74 bits per heavy atom. The Hall–Kier alpha value is -1.91. The number of thiazole rings is 1. The normalized spacial score (nSPS) is 11.1. The Bertz CT molecular complexity index is 1230. The van der Waals surface area contributed by atoms with Gasteiger partial charge in [0.15, 0.2) is 16.1 Å². The van der Waals surface area contributed by atoms with Crippen LogP contribution in [0.3, 0.4) is 0 Å². The maximum Gasteiger partial charge on any atom is 0.236 e. The Balaban J connectivity index is 1.40. The molecule has 11 heteroatoms. The number of nitrogens with zero attached hydrogens (tertiary/aromatic N) is 4. The molecule has 0 bridgehead atoms. The van der Waals surface area contributed by atoms with Gasteiger partial charge in [0.1, 0.15) is 0 Å². The second-order valence-electron chi connectivity index (χ2n) is 6.50. The van der Waals surface area contributed by atoms with Crippen LogP contribution in [0.25, 0.3) is 22.6 Å². The molecule has 1 N–H and O–H groups in total. The topological polar surface area (TPSA) is 72.7 Å². The highest BCUT2D eigenvalue weighted by Crippen LogP contribution is 2.32. The van der Waals surface area contributed by atoms with E-state index in [0.29, 0.717) is 26.0 Å². The number of anilines is 1. The highest BCUT2D eigenvalue weighted by Gasteiger charge is 2.16. The number of aromatic nitrogens is 4. The Kier molecular flexibility index (Phi) is 6.98. The summed E-state index contributed by atoms with van der Waals surface area (Å²) in [5, 5.41) is 17.6. The fraction of sp³-hybridized carbons (Fsp3) is 0.200. The lowest BCUT2D eigenvalue weighted by atomic mass is 10.2. The summed E-state index contributed by atoms with van der Waals surface area (Å²) in [7, 11) is 0. The second kappa shape index (κ2) is 9.70. The van der Waals surface area contributed by atoms with Crippen molar-refractivity contribution in [3.63, 3.8) is 0 Å². The summed E-state index contributed by atoms with van der Waals surface area (Å²) in [6.45, 7) is 4.82. The molecule has 6 nitrogen and oxygen atoms in total. The van der Waals surface area contributed by atoms with Gasteiger partial charge in [-0.1, -0.05) is 35.0 Å². The molecule has 0 saturated carbocycles. The molecule has 0 aliphatic heterocycles. The molecule has 0 unspecified atom stereocenters. The van der Waals surface area contributed by atoms with Gasteiger partial charge in [-0.2, -0.15) is 0 Å². The van der Waals surface area contributed by atoms with Gasteiger partial charge in [0.2, 0.25) is 5.91 Å². The minimum absolute atomic E-state index is 0.160. The zero-order valence-electron chi connectivity index (χ0n) is 16.6. The quantitative estimate of drug-likeness (QED) is 0.288. The van der Waals surface area contributed by atoms with Crippen LogP contribution in [0.5, 0.6) is 0 Å². The number of halogens is 2. The third-order valence-electron chi connectivity index (χ3n) is 4.31. The molecule has 160 valence electrons. The summed E-state index contributed by atoms with van der Waals surface area (Å²) >= 11 is 16.6. The molecular formula is C20H17Cl2N5OS3. The number of aryl methyl sites for hydroxylation is 1. The van der Waals surface area contributed by atoms with Crippen LogP contribution in [0.2, 0.25) is 10.0 Å². The molecule has 0 aliphatic rings. The van der Waals surface area contributed by atoms with Gasteiger partial charge in [0.05, 0.1) is 16.5 Å². The average molecular weight is 510 g/mol. The smallest absolute Gasteiger partial charge is 0.236 e. The first-order valence-corrected chi connectivity index (χ1v) is 12.8. The molecule has 1 aromatic carbocycles. The van der Waals surface area contributed by atoms with Crippen LogP contribution in [0.1, 0.15) is 11.8 Å². The molecule has 4 rings (SSSR count).